The van der Waals surface area contributed by atoms with Crippen molar-refractivity contribution in [2.45, 2.75) is 19.4 Å². The average molecular weight is 271 g/mol. The summed E-state index contributed by atoms with van der Waals surface area (Å²) >= 11 is 0. The summed E-state index contributed by atoms with van der Waals surface area (Å²) < 4.78 is 11.4. The van der Waals surface area contributed by atoms with Crippen LogP contribution >= 0.6 is 0 Å². The predicted octanol–water partition coefficient (Wildman–Crippen LogP) is 3.34. The summed E-state index contributed by atoms with van der Waals surface area (Å²) in [5, 5.41) is 0. The van der Waals surface area contributed by atoms with Crippen LogP contribution in [0.25, 0.3) is 0 Å². The molecule has 0 aliphatic rings. The lowest BCUT2D eigenvalue weighted by Crippen LogP contribution is -2.08. The molecule has 0 aliphatic heterocycles. The van der Waals surface area contributed by atoms with E-state index in [4.69, 9.17) is 15.2 Å². The Labute approximate surface area is 120 Å². The molecular formula is C17H21NO2. The second-order valence-corrected chi connectivity index (χ2v) is 4.68. The monoisotopic (exact) mass is 271 g/mol. The summed E-state index contributed by atoms with van der Waals surface area (Å²) in [5.41, 5.74) is 7.91. The number of hydrogen-bond acceptors (Lipinski definition) is 3. The molecule has 2 N–H and O–H groups in total. The summed E-state index contributed by atoms with van der Waals surface area (Å²) in [5.74, 6) is 1.63. The molecule has 0 aliphatic carbocycles. The topological polar surface area (TPSA) is 44.5 Å². The molecular weight excluding hydrogens is 250 g/mol. The molecule has 0 amide bonds. The van der Waals surface area contributed by atoms with Crippen molar-refractivity contribution < 1.29 is 9.47 Å². The molecule has 1 atom stereocenters. The highest BCUT2D eigenvalue weighted by Crippen LogP contribution is 2.29. The fourth-order valence-electron chi connectivity index (χ4n) is 2.12. The van der Waals surface area contributed by atoms with Gasteiger partial charge in [0, 0.05) is 6.07 Å². The molecule has 2 aromatic carbocycles. The van der Waals surface area contributed by atoms with Gasteiger partial charge in [-0.3, -0.25) is 0 Å². The quantitative estimate of drug-likeness (QED) is 0.876. The van der Waals surface area contributed by atoms with Crippen LogP contribution in [-0.2, 0) is 6.42 Å². The van der Waals surface area contributed by atoms with Crippen LogP contribution in [-0.4, -0.2) is 13.7 Å². The molecule has 1 unspecified atom stereocenters. The van der Waals surface area contributed by atoms with Crippen LogP contribution in [0.3, 0.4) is 0 Å². The molecule has 0 bridgehead atoms. The first-order valence-corrected chi connectivity index (χ1v) is 6.83. The van der Waals surface area contributed by atoms with E-state index < -0.39 is 0 Å². The van der Waals surface area contributed by atoms with E-state index in [-0.39, 0.29) is 6.10 Å². The number of nitrogens with two attached hydrogens (primary N) is 1. The SMILES string of the molecule is COc1ccc(CCN)c(OC(C)c2ccccc2)c1. The Morgan fingerprint density at radius 1 is 1.10 bits per heavy atom. The predicted molar refractivity (Wildman–Crippen MR) is 81.2 cm³/mol. The van der Waals surface area contributed by atoms with E-state index in [9.17, 15) is 0 Å². The molecule has 3 nitrogen and oxygen atoms in total. The Hall–Kier alpha value is -2.00. The third-order valence-corrected chi connectivity index (χ3v) is 3.26. The van der Waals surface area contributed by atoms with Gasteiger partial charge in [-0.25, -0.2) is 0 Å². The molecule has 0 spiro atoms. The van der Waals surface area contributed by atoms with Gasteiger partial charge >= 0.3 is 0 Å². The second kappa shape index (κ2) is 6.96. The highest BCUT2D eigenvalue weighted by Gasteiger charge is 2.11. The summed E-state index contributed by atoms with van der Waals surface area (Å²) in [6.45, 7) is 2.64. The van der Waals surface area contributed by atoms with Gasteiger partial charge in [0.1, 0.15) is 17.6 Å². The summed E-state index contributed by atoms with van der Waals surface area (Å²) in [4.78, 5) is 0. The summed E-state index contributed by atoms with van der Waals surface area (Å²) in [6.07, 6.45) is 0.778. The molecule has 20 heavy (non-hydrogen) atoms. The number of rotatable bonds is 6. The highest BCUT2D eigenvalue weighted by molar-refractivity contribution is 5.41. The highest BCUT2D eigenvalue weighted by atomic mass is 16.5. The first-order valence-electron chi connectivity index (χ1n) is 6.83. The average Bonchev–Trinajstić information content (AvgIpc) is 2.50. The Morgan fingerprint density at radius 2 is 1.85 bits per heavy atom. The minimum atomic E-state index is -0.0140. The third-order valence-electron chi connectivity index (χ3n) is 3.26. The minimum absolute atomic E-state index is 0.0140. The zero-order chi connectivity index (χ0) is 14.4. The standard InChI is InChI=1S/C17H21NO2/c1-13(14-6-4-3-5-7-14)20-17-12-16(19-2)9-8-15(17)10-11-18/h3-9,12-13H,10-11,18H2,1-2H3. The smallest absolute Gasteiger partial charge is 0.127 e. The van der Waals surface area contributed by atoms with Gasteiger partial charge in [0.15, 0.2) is 0 Å². The van der Waals surface area contributed by atoms with Crippen molar-refractivity contribution in [3.63, 3.8) is 0 Å². The Balaban J connectivity index is 2.22. The van der Waals surface area contributed by atoms with Gasteiger partial charge in [-0.05, 0) is 37.1 Å². The van der Waals surface area contributed by atoms with E-state index in [1.54, 1.807) is 7.11 Å². The molecule has 2 rings (SSSR count). The molecule has 0 saturated carbocycles. The molecule has 2 aromatic rings. The van der Waals surface area contributed by atoms with Gasteiger partial charge in [-0.1, -0.05) is 36.4 Å². The van der Waals surface area contributed by atoms with Gasteiger partial charge < -0.3 is 15.2 Å². The molecule has 3 heteroatoms. The Kier molecular flexibility index (Phi) is 5.02. The van der Waals surface area contributed by atoms with Crippen LogP contribution in [0.1, 0.15) is 24.2 Å². The normalized spacial score (nSPS) is 11.9. The lowest BCUT2D eigenvalue weighted by molar-refractivity contribution is 0.223. The van der Waals surface area contributed by atoms with E-state index in [1.165, 1.54) is 0 Å². The van der Waals surface area contributed by atoms with Crippen LogP contribution in [0.4, 0.5) is 0 Å². The zero-order valence-electron chi connectivity index (χ0n) is 12.0. The summed E-state index contributed by atoms with van der Waals surface area (Å²) in [6, 6.07) is 16.0. The van der Waals surface area contributed by atoms with Crippen molar-refractivity contribution in [2.75, 3.05) is 13.7 Å². The first-order chi connectivity index (χ1) is 9.74. The van der Waals surface area contributed by atoms with Gasteiger partial charge in [0.05, 0.1) is 7.11 Å². The van der Waals surface area contributed by atoms with Crippen LogP contribution < -0.4 is 15.2 Å². The molecule has 0 fully saturated rings. The van der Waals surface area contributed by atoms with Crippen molar-refractivity contribution in [2.24, 2.45) is 5.73 Å². The van der Waals surface area contributed by atoms with Gasteiger partial charge in [-0.15, -0.1) is 0 Å². The van der Waals surface area contributed by atoms with Crippen molar-refractivity contribution in [3.8, 4) is 11.5 Å². The maximum absolute atomic E-state index is 6.09. The molecule has 0 radical (unpaired) electrons. The lowest BCUT2D eigenvalue weighted by Gasteiger charge is -2.18. The number of benzene rings is 2. The minimum Gasteiger partial charge on any atom is -0.497 e. The number of ether oxygens (including phenoxy) is 2. The molecule has 0 saturated heterocycles. The lowest BCUT2D eigenvalue weighted by atomic mass is 10.1. The zero-order valence-corrected chi connectivity index (χ0v) is 12.0. The van der Waals surface area contributed by atoms with Crippen molar-refractivity contribution in [1.82, 2.24) is 0 Å². The fourth-order valence-corrected chi connectivity index (χ4v) is 2.12. The van der Waals surface area contributed by atoms with E-state index >= 15 is 0 Å². The maximum Gasteiger partial charge on any atom is 0.127 e. The van der Waals surface area contributed by atoms with Gasteiger partial charge in [-0.2, -0.15) is 0 Å². The first kappa shape index (κ1) is 14.4. The van der Waals surface area contributed by atoms with E-state index in [2.05, 4.69) is 12.1 Å². The second-order valence-electron chi connectivity index (χ2n) is 4.68. The van der Waals surface area contributed by atoms with Crippen LogP contribution in [0.15, 0.2) is 48.5 Å². The third kappa shape index (κ3) is 3.52. The number of methoxy groups -OCH3 is 1. The van der Waals surface area contributed by atoms with Crippen LogP contribution in [0.5, 0.6) is 11.5 Å². The molecule has 106 valence electrons. The van der Waals surface area contributed by atoms with E-state index in [1.807, 2.05) is 43.3 Å². The molecule has 0 aromatic heterocycles. The van der Waals surface area contributed by atoms with Gasteiger partial charge in [0.2, 0.25) is 0 Å². The number of hydrogen-bond donors (Lipinski definition) is 1. The largest absolute Gasteiger partial charge is 0.497 e. The Bertz CT molecular complexity index is 540. The maximum atomic E-state index is 6.09. The van der Waals surface area contributed by atoms with Gasteiger partial charge in [0.25, 0.3) is 0 Å². The van der Waals surface area contributed by atoms with E-state index in [0.29, 0.717) is 6.54 Å². The Morgan fingerprint density at radius 3 is 2.50 bits per heavy atom. The van der Waals surface area contributed by atoms with Crippen molar-refractivity contribution >= 4 is 0 Å². The van der Waals surface area contributed by atoms with Crippen LogP contribution in [0, 0.1) is 0 Å². The summed E-state index contributed by atoms with van der Waals surface area (Å²) in [7, 11) is 1.66. The van der Waals surface area contributed by atoms with E-state index in [0.717, 1.165) is 29.0 Å². The van der Waals surface area contributed by atoms with Crippen molar-refractivity contribution in [1.29, 1.82) is 0 Å². The van der Waals surface area contributed by atoms with Crippen molar-refractivity contribution in [3.05, 3.63) is 59.7 Å². The van der Waals surface area contributed by atoms with Crippen LogP contribution in [0.2, 0.25) is 0 Å². The fraction of sp³-hybridized carbons (Fsp3) is 0.294. The molecule has 0 heterocycles.